The Morgan fingerprint density at radius 2 is 2.25 bits per heavy atom. The number of nitrogens with one attached hydrogen (secondary N) is 2. The number of hydrogen-bond acceptors (Lipinski definition) is 2. The van der Waals surface area contributed by atoms with Gasteiger partial charge in [0.05, 0.1) is 6.33 Å². The molecular formula is C5H9FN2. The van der Waals surface area contributed by atoms with E-state index in [1.165, 1.54) is 12.3 Å². The minimum Gasteiger partial charge on any atom is -0.312 e. The van der Waals surface area contributed by atoms with Crippen LogP contribution in [0.3, 0.4) is 0 Å². The smallest absolute Gasteiger partial charge is 0.0839 e. The summed E-state index contributed by atoms with van der Waals surface area (Å²) in [5.74, 6) is 0. The number of rotatable bonds is 4. The van der Waals surface area contributed by atoms with Gasteiger partial charge >= 0.3 is 0 Å². The summed E-state index contributed by atoms with van der Waals surface area (Å²) in [6.07, 6.45) is 3.06. The van der Waals surface area contributed by atoms with Crippen LogP contribution in [-0.4, -0.2) is 19.3 Å². The van der Waals surface area contributed by atoms with Gasteiger partial charge in [-0.15, -0.1) is 0 Å². The summed E-state index contributed by atoms with van der Waals surface area (Å²) < 4.78 is 11.1. The molecular weight excluding hydrogens is 107 g/mol. The maximum absolute atomic E-state index is 11.1. The lowest BCUT2D eigenvalue weighted by atomic mass is 10.6. The van der Waals surface area contributed by atoms with Crippen molar-refractivity contribution in [3.63, 3.8) is 0 Å². The van der Waals surface area contributed by atoms with Gasteiger partial charge in [-0.1, -0.05) is 0 Å². The molecule has 2 N–H and O–H groups in total. The maximum Gasteiger partial charge on any atom is 0.0839 e. The van der Waals surface area contributed by atoms with Crippen molar-refractivity contribution in [2.24, 2.45) is 0 Å². The molecule has 3 heteroatoms. The highest BCUT2D eigenvalue weighted by Gasteiger charge is 1.73. The van der Waals surface area contributed by atoms with E-state index in [0.717, 1.165) is 0 Å². The quantitative estimate of drug-likeness (QED) is 0.412. The fraction of sp³-hybridized carbons (Fsp3) is 0.400. The molecule has 0 amide bonds. The maximum atomic E-state index is 11.1. The Morgan fingerprint density at radius 1 is 1.50 bits per heavy atom. The average molecular weight is 116 g/mol. The Kier molecular flexibility index (Phi) is 5.75. The molecule has 0 unspecified atom stereocenters. The largest absolute Gasteiger partial charge is 0.312 e. The van der Waals surface area contributed by atoms with E-state index in [-0.39, 0.29) is 0 Å². The van der Waals surface area contributed by atoms with Crippen LogP contribution in [0.4, 0.5) is 4.39 Å². The standard InChI is InChI=1S/C5H9FN2/c6-2-1-4-8-5-3-7/h1-3,7-8H,4-5H2/b2-1+,7-3?. The predicted octanol–water partition coefficient (Wildman–Crippen LogP) is 0.709. The minimum absolute atomic E-state index is 0.483. The normalized spacial score (nSPS) is 10.1. The molecule has 0 saturated carbocycles. The SMILES string of the molecule is N=CCNC/C=C/F. The van der Waals surface area contributed by atoms with E-state index in [1.54, 1.807) is 0 Å². The zero-order valence-electron chi connectivity index (χ0n) is 4.52. The van der Waals surface area contributed by atoms with Crippen LogP contribution in [0.25, 0.3) is 0 Å². The van der Waals surface area contributed by atoms with E-state index in [2.05, 4.69) is 5.32 Å². The molecule has 0 aromatic carbocycles. The molecule has 2 nitrogen and oxygen atoms in total. The van der Waals surface area contributed by atoms with Gasteiger partial charge < -0.3 is 10.7 Å². The Hall–Kier alpha value is -0.700. The van der Waals surface area contributed by atoms with Gasteiger partial charge in [0.2, 0.25) is 0 Å². The van der Waals surface area contributed by atoms with Crippen molar-refractivity contribution >= 4 is 6.21 Å². The molecule has 0 rings (SSSR count). The summed E-state index contributed by atoms with van der Waals surface area (Å²) in [7, 11) is 0. The molecule has 0 heterocycles. The molecule has 0 atom stereocenters. The molecule has 0 aromatic rings. The van der Waals surface area contributed by atoms with Crippen LogP contribution in [0.5, 0.6) is 0 Å². The van der Waals surface area contributed by atoms with Gasteiger partial charge in [0, 0.05) is 19.3 Å². The van der Waals surface area contributed by atoms with Crippen molar-refractivity contribution in [1.82, 2.24) is 5.32 Å². The predicted molar refractivity (Wildman–Crippen MR) is 31.9 cm³/mol. The zero-order chi connectivity index (χ0) is 6.24. The van der Waals surface area contributed by atoms with Crippen molar-refractivity contribution in [3.05, 3.63) is 12.4 Å². The van der Waals surface area contributed by atoms with Crippen LogP contribution in [0.15, 0.2) is 12.4 Å². The van der Waals surface area contributed by atoms with Gasteiger partial charge in [0.25, 0.3) is 0 Å². The van der Waals surface area contributed by atoms with Crippen LogP contribution in [-0.2, 0) is 0 Å². The highest BCUT2D eigenvalue weighted by molar-refractivity contribution is 5.55. The third-order valence-electron chi connectivity index (χ3n) is 0.598. The van der Waals surface area contributed by atoms with Crippen molar-refractivity contribution in [3.8, 4) is 0 Å². The average Bonchev–Trinajstić information content (AvgIpc) is 1.81. The first-order valence-electron chi connectivity index (χ1n) is 2.36. The summed E-state index contributed by atoms with van der Waals surface area (Å²) >= 11 is 0. The lowest BCUT2D eigenvalue weighted by molar-refractivity contribution is 0.710. The lowest BCUT2D eigenvalue weighted by Crippen LogP contribution is -2.15. The first kappa shape index (κ1) is 7.30. The fourth-order valence-electron chi connectivity index (χ4n) is 0.283. The molecule has 0 aliphatic carbocycles. The molecule has 46 valence electrons. The monoisotopic (exact) mass is 116 g/mol. The van der Waals surface area contributed by atoms with Gasteiger partial charge in [-0.05, 0) is 6.08 Å². The van der Waals surface area contributed by atoms with E-state index in [0.29, 0.717) is 19.4 Å². The van der Waals surface area contributed by atoms with Crippen molar-refractivity contribution in [2.75, 3.05) is 13.1 Å². The van der Waals surface area contributed by atoms with Crippen molar-refractivity contribution in [1.29, 1.82) is 5.41 Å². The Balaban J connectivity index is 2.82. The molecule has 0 bridgehead atoms. The third kappa shape index (κ3) is 5.30. The Labute approximate surface area is 47.9 Å². The molecule has 0 saturated heterocycles. The summed E-state index contributed by atoms with van der Waals surface area (Å²) in [6, 6.07) is 0. The van der Waals surface area contributed by atoms with E-state index in [4.69, 9.17) is 5.41 Å². The Bertz CT molecular complexity index is 80.5. The summed E-state index contributed by atoms with van der Waals surface area (Å²) in [5.41, 5.74) is 0. The second-order valence-corrected chi connectivity index (χ2v) is 1.22. The van der Waals surface area contributed by atoms with E-state index >= 15 is 0 Å². The van der Waals surface area contributed by atoms with Crippen LogP contribution in [0, 0.1) is 5.41 Å². The van der Waals surface area contributed by atoms with E-state index < -0.39 is 0 Å². The highest BCUT2D eigenvalue weighted by atomic mass is 19.1. The van der Waals surface area contributed by atoms with Gasteiger partial charge in [0.1, 0.15) is 0 Å². The summed E-state index contributed by atoms with van der Waals surface area (Å²) in [4.78, 5) is 0. The summed E-state index contributed by atoms with van der Waals surface area (Å²) in [5, 5.41) is 9.30. The Morgan fingerprint density at radius 3 is 2.75 bits per heavy atom. The first-order chi connectivity index (χ1) is 3.91. The second-order valence-electron chi connectivity index (χ2n) is 1.22. The molecule has 0 aliphatic heterocycles. The van der Waals surface area contributed by atoms with Gasteiger partial charge in [0.15, 0.2) is 0 Å². The van der Waals surface area contributed by atoms with Crippen LogP contribution < -0.4 is 5.32 Å². The first-order valence-corrected chi connectivity index (χ1v) is 2.36. The van der Waals surface area contributed by atoms with Crippen LogP contribution in [0.2, 0.25) is 0 Å². The van der Waals surface area contributed by atoms with Gasteiger partial charge in [-0.25, -0.2) is 4.39 Å². The van der Waals surface area contributed by atoms with Crippen molar-refractivity contribution < 1.29 is 4.39 Å². The van der Waals surface area contributed by atoms with Crippen molar-refractivity contribution in [2.45, 2.75) is 0 Å². The zero-order valence-corrected chi connectivity index (χ0v) is 4.52. The molecule has 0 spiro atoms. The lowest BCUT2D eigenvalue weighted by Gasteiger charge is -1.89. The third-order valence-corrected chi connectivity index (χ3v) is 0.598. The van der Waals surface area contributed by atoms with Gasteiger partial charge in [-0.3, -0.25) is 0 Å². The molecule has 0 aromatic heterocycles. The van der Waals surface area contributed by atoms with Crippen LogP contribution >= 0.6 is 0 Å². The molecule has 8 heavy (non-hydrogen) atoms. The molecule has 0 aliphatic rings. The second kappa shape index (κ2) is 6.30. The highest BCUT2D eigenvalue weighted by Crippen LogP contribution is 1.67. The van der Waals surface area contributed by atoms with E-state index in [9.17, 15) is 4.39 Å². The number of hydrogen-bond donors (Lipinski definition) is 2. The molecule has 0 fully saturated rings. The topological polar surface area (TPSA) is 35.9 Å². The summed E-state index contributed by atoms with van der Waals surface area (Å²) in [6.45, 7) is 0.996. The minimum atomic E-state index is 0.483. The van der Waals surface area contributed by atoms with Crippen LogP contribution in [0.1, 0.15) is 0 Å². The van der Waals surface area contributed by atoms with E-state index in [1.807, 2.05) is 0 Å². The van der Waals surface area contributed by atoms with Gasteiger partial charge in [-0.2, -0.15) is 0 Å². The molecule has 0 radical (unpaired) electrons. The number of halogens is 1. The fourth-order valence-corrected chi connectivity index (χ4v) is 0.283.